The molecule has 1 aromatic carbocycles. The van der Waals surface area contributed by atoms with Gasteiger partial charge in [0, 0.05) is 13.6 Å². The quantitative estimate of drug-likeness (QED) is 0.887. The van der Waals surface area contributed by atoms with Crippen LogP contribution in [0.25, 0.3) is 0 Å². The summed E-state index contributed by atoms with van der Waals surface area (Å²) >= 11 is 0. The van der Waals surface area contributed by atoms with Crippen molar-refractivity contribution in [1.82, 2.24) is 4.31 Å². The molecule has 126 valence electrons. The van der Waals surface area contributed by atoms with Crippen LogP contribution in [0, 0.1) is 25.2 Å². The van der Waals surface area contributed by atoms with Crippen LogP contribution in [0.1, 0.15) is 33.0 Å². The lowest BCUT2D eigenvalue weighted by molar-refractivity contribution is 0.0691. The van der Waals surface area contributed by atoms with Gasteiger partial charge in [0.25, 0.3) is 0 Å². The zero-order valence-electron chi connectivity index (χ0n) is 13.4. The molecule has 0 aliphatic heterocycles. The fraction of sp³-hybridized carbons (Fsp3) is 0.250. The molecule has 2 aromatic rings. The van der Waals surface area contributed by atoms with Crippen molar-refractivity contribution in [2.45, 2.75) is 25.3 Å². The Morgan fingerprint density at radius 1 is 1.33 bits per heavy atom. The number of carboxylic acid groups (broad SMARTS) is 1. The highest BCUT2D eigenvalue weighted by atomic mass is 32.2. The van der Waals surface area contributed by atoms with Crippen molar-refractivity contribution in [3.63, 3.8) is 0 Å². The first-order valence-electron chi connectivity index (χ1n) is 6.97. The molecule has 2 rings (SSSR count). The number of carboxylic acids is 1. The SMILES string of the molecule is Cc1oc(C)c(S(=O)(=O)N(C)Cc2cccc(C#N)c2)c1C(=O)O. The Morgan fingerprint density at radius 2 is 2.00 bits per heavy atom. The maximum atomic E-state index is 12.8. The summed E-state index contributed by atoms with van der Waals surface area (Å²) in [4.78, 5) is 11.0. The summed E-state index contributed by atoms with van der Waals surface area (Å²) in [6.07, 6.45) is 0. The molecule has 7 nitrogen and oxygen atoms in total. The number of hydrogen-bond donors (Lipinski definition) is 1. The van der Waals surface area contributed by atoms with Crippen LogP contribution < -0.4 is 0 Å². The number of rotatable bonds is 5. The molecule has 0 aliphatic rings. The minimum Gasteiger partial charge on any atom is -0.478 e. The number of nitrogens with zero attached hydrogens (tertiary/aromatic N) is 2. The molecule has 0 fully saturated rings. The number of benzene rings is 1. The smallest absolute Gasteiger partial charge is 0.340 e. The summed E-state index contributed by atoms with van der Waals surface area (Å²) < 4.78 is 31.8. The summed E-state index contributed by atoms with van der Waals surface area (Å²) in [5.74, 6) is -1.29. The molecule has 0 radical (unpaired) electrons. The number of sulfonamides is 1. The van der Waals surface area contributed by atoms with E-state index in [1.54, 1.807) is 24.3 Å². The van der Waals surface area contributed by atoms with Gasteiger partial charge in [0.1, 0.15) is 22.0 Å². The normalized spacial score (nSPS) is 11.5. The number of hydrogen-bond acceptors (Lipinski definition) is 5. The van der Waals surface area contributed by atoms with Crippen LogP contribution in [0.15, 0.2) is 33.6 Å². The molecule has 0 atom stereocenters. The first-order valence-corrected chi connectivity index (χ1v) is 8.41. The first kappa shape index (κ1) is 17.7. The van der Waals surface area contributed by atoms with Gasteiger partial charge in [0.05, 0.1) is 11.6 Å². The lowest BCUT2D eigenvalue weighted by Crippen LogP contribution is -2.28. The molecule has 0 bridgehead atoms. The minimum absolute atomic E-state index is 0.000575. The minimum atomic E-state index is -4.07. The molecule has 0 saturated heterocycles. The monoisotopic (exact) mass is 348 g/mol. The Morgan fingerprint density at radius 3 is 2.58 bits per heavy atom. The van der Waals surface area contributed by atoms with E-state index in [9.17, 15) is 18.3 Å². The summed E-state index contributed by atoms with van der Waals surface area (Å²) in [5.41, 5.74) is 0.680. The zero-order chi connectivity index (χ0) is 18.1. The number of aryl methyl sites for hydroxylation is 2. The van der Waals surface area contributed by atoms with Crippen molar-refractivity contribution in [2.75, 3.05) is 7.05 Å². The van der Waals surface area contributed by atoms with Gasteiger partial charge in [-0.2, -0.15) is 9.57 Å². The molecule has 0 saturated carbocycles. The Hall–Kier alpha value is -2.63. The summed E-state index contributed by atoms with van der Waals surface area (Å²) in [6, 6.07) is 8.53. The van der Waals surface area contributed by atoms with Crippen LogP contribution in [-0.4, -0.2) is 30.8 Å². The molecule has 0 amide bonds. The largest absolute Gasteiger partial charge is 0.478 e. The fourth-order valence-electron chi connectivity index (χ4n) is 2.46. The van der Waals surface area contributed by atoms with Crippen molar-refractivity contribution >= 4 is 16.0 Å². The van der Waals surface area contributed by atoms with E-state index in [4.69, 9.17) is 9.68 Å². The average Bonchev–Trinajstić information content (AvgIpc) is 2.82. The second kappa shape index (κ2) is 6.47. The topological polar surface area (TPSA) is 112 Å². The standard InChI is InChI=1S/C16H16N2O5S/c1-10-14(16(19)20)15(11(2)23-10)24(21,22)18(3)9-13-6-4-5-12(7-13)8-17/h4-7H,9H2,1-3H3,(H,19,20). The molecular formula is C16H16N2O5S. The van der Waals surface area contributed by atoms with Crippen molar-refractivity contribution in [1.29, 1.82) is 5.26 Å². The maximum absolute atomic E-state index is 12.8. The second-order valence-corrected chi connectivity index (χ2v) is 7.28. The van der Waals surface area contributed by atoms with E-state index in [1.807, 2.05) is 6.07 Å². The van der Waals surface area contributed by atoms with Gasteiger partial charge >= 0.3 is 5.97 Å². The number of aromatic carboxylic acids is 1. The highest BCUT2D eigenvalue weighted by Gasteiger charge is 2.33. The van der Waals surface area contributed by atoms with E-state index in [2.05, 4.69) is 0 Å². The highest BCUT2D eigenvalue weighted by Crippen LogP contribution is 2.29. The first-order chi connectivity index (χ1) is 11.2. The summed E-state index contributed by atoms with van der Waals surface area (Å²) in [6.45, 7) is 2.82. The predicted octanol–water partition coefficient (Wildman–Crippen LogP) is 2.29. The average molecular weight is 348 g/mol. The van der Waals surface area contributed by atoms with Gasteiger partial charge in [0.2, 0.25) is 10.0 Å². The Balaban J connectivity index is 2.44. The van der Waals surface area contributed by atoms with Crippen molar-refractivity contribution in [3.05, 3.63) is 52.5 Å². The van der Waals surface area contributed by atoms with Gasteiger partial charge in [-0.25, -0.2) is 13.2 Å². The lowest BCUT2D eigenvalue weighted by atomic mass is 10.1. The third-order valence-electron chi connectivity index (χ3n) is 3.55. The van der Waals surface area contributed by atoms with E-state index in [0.717, 1.165) is 4.31 Å². The van der Waals surface area contributed by atoms with E-state index in [1.165, 1.54) is 20.9 Å². The number of carbonyl (C=O) groups is 1. The third-order valence-corrected chi connectivity index (χ3v) is 5.51. The van der Waals surface area contributed by atoms with E-state index in [0.29, 0.717) is 11.1 Å². The van der Waals surface area contributed by atoms with Gasteiger partial charge in [-0.15, -0.1) is 0 Å². The van der Waals surface area contributed by atoms with Crippen LogP contribution in [0.3, 0.4) is 0 Å². The van der Waals surface area contributed by atoms with Crippen molar-refractivity contribution < 1.29 is 22.7 Å². The molecule has 24 heavy (non-hydrogen) atoms. The van der Waals surface area contributed by atoms with Gasteiger partial charge in [0.15, 0.2) is 0 Å². The van der Waals surface area contributed by atoms with E-state index < -0.39 is 16.0 Å². The molecule has 8 heteroatoms. The van der Waals surface area contributed by atoms with Crippen molar-refractivity contribution in [2.24, 2.45) is 0 Å². The van der Waals surface area contributed by atoms with E-state index >= 15 is 0 Å². The van der Waals surface area contributed by atoms with Crippen LogP contribution in [-0.2, 0) is 16.6 Å². The molecule has 0 aliphatic carbocycles. The molecule has 0 unspecified atom stereocenters. The summed E-state index contributed by atoms with van der Waals surface area (Å²) in [5, 5.41) is 18.2. The van der Waals surface area contributed by atoms with Gasteiger partial charge in [-0.1, -0.05) is 12.1 Å². The Kier molecular flexibility index (Phi) is 4.78. The van der Waals surface area contributed by atoms with Crippen LogP contribution >= 0.6 is 0 Å². The zero-order valence-corrected chi connectivity index (χ0v) is 14.2. The van der Waals surface area contributed by atoms with Crippen LogP contribution in [0.5, 0.6) is 0 Å². The van der Waals surface area contributed by atoms with Gasteiger partial charge in [-0.05, 0) is 31.5 Å². The maximum Gasteiger partial charge on any atom is 0.340 e. The van der Waals surface area contributed by atoms with Crippen molar-refractivity contribution in [3.8, 4) is 6.07 Å². The second-order valence-electron chi connectivity index (χ2n) is 5.30. The summed E-state index contributed by atoms with van der Waals surface area (Å²) in [7, 11) is -2.72. The lowest BCUT2D eigenvalue weighted by Gasteiger charge is -2.17. The Bertz CT molecular complexity index is 938. The predicted molar refractivity (Wildman–Crippen MR) is 85.0 cm³/mol. The van der Waals surface area contributed by atoms with Crippen LogP contribution in [0.2, 0.25) is 0 Å². The molecular weight excluding hydrogens is 332 g/mol. The Labute approximate surface area is 139 Å². The third kappa shape index (κ3) is 3.18. The fourth-order valence-corrected chi connectivity index (χ4v) is 3.98. The number of furan rings is 1. The molecule has 1 aromatic heterocycles. The van der Waals surface area contributed by atoms with Gasteiger partial charge < -0.3 is 9.52 Å². The molecule has 1 N–H and O–H groups in total. The van der Waals surface area contributed by atoms with Crippen LogP contribution in [0.4, 0.5) is 0 Å². The number of nitriles is 1. The molecule has 1 heterocycles. The molecule has 0 spiro atoms. The highest BCUT2D eigenvalue weighted by molar-refractivity contribution is 7.89. The van der Waals surface area contributed by atoms with E-state index in [-0.39, 0.29) is 28.5 Å². The van der Waals surface area contributed by atoms with Gasteiger partial charge in [-0.3, -0.25) is 0 Å².